The average molecular weight is 462 g/mol. The molecule has 2 aromatic carbocycles. The Hall–Kier alpha value is -2.78. The molecule has 0 saturated carbocycles. The number of methoxy groups -OCH3 is 1. The van der Waals surface area contributed by atoms with E-state index < -0.39 is 11.7 Å². The van der Waals surface area contributed by atoms with Crippen molar-refractivity contribution in [1.82, 2.24) is 14.8 Å². The molecule has 0 aliphatic heterocycles. The Morgan fingerprint density at radius 3 is 2.61 bits per heavy atom. The highest BCUT2D eigenvalue weighted by Crippen LogP contribution is 2.36. The Morgan fingerprint density at radius 1 is 1.06 bits per heavy atom. The van der Waals surface area contributed by atoms with Crippen LogP contribution in [-0.4, -0.2) is 21.9 Å². The summed E-state index contributed by atoms with van der Waals surface area (Å²) in [5.74, 6) is 1.63. The number of ether oxygens (including phenoxy) is 1. The molecule has 0 bridgehead atoms. The number of aromatic nitrogens is 3. The summed E-state index contributed by atoms with van der Waals surface area (Å²) in [5, 5.41) is 11.3. The molecule has 0 saturated heterocycles. The number of benzene rings is 2. The topological polar surface area (TPSA) is 39.9 Å². The second-order valence-corrected chi connectivity index (χ2v) is 8.67. The molecule has 0 radical (unpaired) electrons. The fourth-order valence-electron chi connectivity index (χ4n) is 3.11. The summed E-state index contributed by atoms with van der Waals surface area (Å²) in [7, 11) is 1.60. The van der Waals surface area contributed by atoms with Gasteiger partial charge in [0.25, 0.3) is 0 Å². The predicted molar refractivity (Wildman–Crippen MR) is 117 cm³/mol. The lowest BCUT2D eigenvalue weighted by atomic mass is 10.1. The molecule has 4 aromatic rings. The molecule has 2 heterocycles. The van der Waals surface area contributed by atoms with E-state index in [-0.39, 0.29) is 0 Å². The van der Waals surface area contributed by atoms with E-state index >= 15 is 0 Å². The van der Waals surface area contributed by atoms with Crippen LogP contribution in [0.2, 0.25) is 0 Å². The molecule has 0 spiro atoms. The maximum absolute atomic E-state index is 13.1. The lowest BCUT2D eigenvalue weighted by molar-refractivity contribution is -0.137. The molecular formula is C22H18F3N3OS2. The third-order valence-corrected chi connectivity index (χ3v) is 6.44. The first-order valence-electron chi connectivity index (χ1n) is 9.30. The van der Waals surface area contributed by atoms with Crippen molar-refractivity contribution >= 4 is 23.1 Å². The largest absolute Gasteiger partial charge is 0.495 e. The van der Waals surface area contributed by atoms with Gasteiger partial charge in [-0.15, -0.1) is 21.5 Å². The average Bonchev–Trinajstić information content (AvgIpc) is 3.41. The van der Waals surface area contributed by atoms with Gasteiger partial charge < -0.3 is 4.74 Å². The summed E-state index contributed by atoms with van der Waals surface area (Å²) >= 11 is 2.87. The molecule has 9 heteroatoms. The quantitative estimate of drug-likeness (QED) is 0.302. The number of thiophene rings is 1. The van der Waals surface area contributed by atoms with Crippen LogP contribution in [0.3, 0.4) is 0 Å². The molecule has 160 valence electrons. The fourth-order valence-corrected chi connectivity index (χ4v) is 4.69. The van der Waals surface area contributed by atoms with Crippen molar-refractivity contribution in [2.45, 2.75) is 24.0 Å². The second kappa shape index (κ2) is 8.76. The van der Waals surface area contributed by atoms with Gasteiger partial charge in [-0.1, -0.05) is 42.1 Å². The fraction of sp³-hybridized carbons (Fsp3) is 0.182. The van der Waals surface area contributed by atoms with Gasteiger partial charge in [-0.2, -0.15) is 13.2 Å². The number of rotatable bonds is 6. The number of nitrogens with zero attached hydrogens (tertiary/aromatic N) is 3. The van der Waals surface area contributed by atoms with Gasteiger partial charge in [-0.3, -0.25) is 4.57 Å². The van der Waals surface area contributed by atoms with Crippen molar-refractivity contribution in [2.75, 3.05) is 7.11 Å². The SMILES string of the molecule is COc1ccc(C)cc1-n1c(SCc2cccc(C(F)(F)F)c2)nnc1-c1cccs1. The van der Waals surface area contributed by atoms with E-state index in [2.05, 4.69) is 10.2 Å². The maximum atomic E-state index is 13.1. The summed E-state index contributed by atoms with van der Waals surface area (Å²) in [6.07, 6.45) is -4.37. The monoisotopic (exact) mass is 461 g/mol. The summed E-state index contributed by atoms with van der Waals surface area (Å²) < 4.78 is 46.6. The first-order chi connectivity index (χ1) is 14.9. The van der Waals surface area contributed by atoms with Crippen molar-refractivity contribution in [1.29, 1.82) is 0 Å². The van der Waals surface area contributed by atoms with Gasteiger partial charge >= 0.3 is 6.18 Å². The molecule has 0 N–H and O–H groups in total. The predicted octanol–water partition coefficient (Wildman–Crippen LogP) is 6.62. The van der Waals surface area contributed by atoms with Crippen LogP contribution in [-0.2, 0) is 11.9 Å². The first kappa shape index (κ1) is 21.5. The minimum Gasteiger partial charge on any atom is -0.495 e. The van der Waals surface area contributed by atoms with Gasteiger partial charge in [0.05, 0.1) is 23.2 Å². The zero-order valence-electron chi connectivity index (χ0n) is 16.7. The van der Waals surface area contributed by atoms with E-state index in [4.69, 9.17) is 4.74 Å². The lowest BCUT2D eigenvalue weighted by Gasteiger charge is -2.14. The zero-order valence-corrected chi connectivity index (χ0v) is 18.3. The molecule has 2 aromatic heterocycles. The van der Waals surface area contributed by atoms with E-state index in [0.717, 1.165) is 22.2 Å². The smallest absolute Gasteiger partial charge is 0.416 e. The van der Waals surface area contributed by atoms with Gasteiger partial charge in [0, 0.05) is 5.75 Å². The summed E-state index contributed by atoms with van der Waals surface area (Å²) in [5.41, 5.74) is 1.72. The van der Waals surface area contributed by atoms with Gasteiger partial charge in [-0.25, -0.2) is 0 Å². The third kappa shape index (κ3) is 4.62. The lowest BCUT2D eigenvalue weighted by Crippen LogP contribution is -2.05. The number of hydrogen-bond acceptors (Lipinski definition) is 5. The van der Waals surface area contributed by atoms with E-state index in [1.54, 1.807) is 13.2 Å². The zero-order chi connectivity index (χ0) is 22.0. The summed E-state index contributed by atoms with van der Waals surface area (Å²) in [6, 6.07) is 15.0. The van der Waals surface area contributed by atoms with E-state index in [1.807, 2.05) is 47.2 Å². The van der Waals surface area contributed by atoms with E-state index in [9.17, 15) is 13.2 Å². The minimum atomic E-state index is -4.37. The summed E-state index contributed by atoms with van der Waals surface area (Å²) in [4.78, 5) is 0.932. The number of thioether (sulfide) groups is 1. The van der Waals surface area contributed by atoms with E-state index in [0.29, 0.717) is 28.0 Å². The number of hydrogen-bond donors (Lipinski definition) is 0. The van der Waals surface area contributed by atoms with Crippen molar-refractivity contribution in [3.8, 4) is 22.1 Å². The maximum Gasteiger partial charge on any atom is 0.416 e. The molecular weight excluding hydrogens is 443 g/mol. The van der Waals surface area contributed by atoms with Crippen molar-refractivity contribution < 1.29 is 17.9 Å². The normalized spacial score (nSPS) is 11.6. The van der Waals surface area contributed by atoms with Gasteiger partial charge in [0.15, 0.2) is 11.0 Å². The third-order valence-electron chi connectivity index (χ3n) is 4.57. The van der Waals surface area contributed by atoms with Crippen LogP contribution < -0.4 is 4.74 Å². The van der Waals surface area contributed by atoms with Crippen LogP contribution in [0.25, 0.3) is 16.4 Å². The molecule has 0 atom stereocenters. The minimum absolute atomic E-state index is 0.320. The Balaban J connectivity index is 1.74. The Bertz CT molecular complexity index is 1190. The molecule has 0 fully saturated rings. The van der Waals surface area contributed by atoms with Gasteiger partial charge in [0.1, 0.15) is 5.75 Å². The van der Waals surface area contributed by atoms with Crippen LogP contribution in [0.15, 0.2) is 65.1 Å². The number of halogens is 3. The molecule has 4 rings (SSSR count). The molecule has 0 aliphatic carbocycles. The highest BCUT2D eigenvalue weighted by atomic mass is 32.2. The first-order valence-corrected chi connectivity index (χ1v) is 11.2. The second-order valence-electron chi connectivity index (χ2n) is 6.78. The number of alkyl halides is 3. The molecule has 0 aliphatic rings. The van der Waals surface area contributed by atoms with Crippen LogP contribution in [0.5, 0.6) is 5.75 Å². The molecule has 0 amide bonds. The van der Waals surface area contributed by atoms with Crippen LogP contribution >= 0.6 is 23.1 Å². The Kier molecular flexibility index (Phi) is 6.06. The van der Waals surface area contributed by atoms with Gasteiger partial charge in [0.2, 0.25) is 0 Å². The number of aryl methyl sites for hydroxylation is 1. The standard InChI is InChI=1S/C22H18F3N3OS2/c1-14-8-9-18(29-2)17(11-14)28-20(19-7-4-10-30-19)26-27-21(28)31-13-15-5-3-6-16(12-15)22(23,24)25/h3-12H,13H2,1-2H3. The summed E-state index contributed by atoms with van der Waals surface area (Å²) in [6.45, 7) is 1.98. The van der Waals surface area contributed by atoms with E-state index in [1.165, 1.54) is 35.2 Å². The molecule has 0 unspecified atom stereocenters. The Labute approximate surface area is 185 Å². The van der Waals surface area contributed by atoms with Crippen molar-refractivity contribution in [3.63, 3.8) is 0 Å². The van der Waals surface area contributed by atoms with Crippen molar-refractivity contribution in [2.24, 2.45) is 0 Å². The van der Waals surface area contributed by atoms with Crippen LogP contribution in [0.4, 0.5) is 13.2 Å². The van der Waals surface area contributed by atoms with Crippen LogP contribution in [0, 0.1) is 6.92 Å². The highest BCUT2D eigenvalue weighted by molar-refractivity contribution is 7.98. The molecule has 4 nitrogen and oxygen atoms in total. The highest BCUT2D eigenvalue weighted by Gasteiger charge is 2.30. The molecule has 31 heavy (non-hydrogen) atoms. The van der Waals surface area contributed by atoms with Crippen LogP contribution in [0.1, 0.15) is 16.7 Å². The van der Waals surface area contributed by atoms with Gasteiger partial charge in [-0.05, 0) is 47.7 Å². The van der Waals surface area contributed by atoms with Crippen molar-refractivity contribution in [3.05, 3.63) is 76.7 Å². The Morgan fingerprint density at radius 2 is 1.90 bits per heavy atom.